The van der Waals surface area contributed by atoms with Gasteiger partial charge in [-0.05, 0) is 56.7 Å². The smallest absolute Gasteiger partial charge is 0.241 e. The van der Waals surface area contributed by atoms with Crippen LogP contribution in [0, 0.1) is 13.8 Å². The van der Waals surface area contributed by atoms with E-state index in [1.165, 1.54) is 0 Å². The van der Waals surface area contributed by atoms with Crippen LogP contribution in [0.2, 0.25) is 0 Å². The molecule has 1 aromatic heterocycles. The Kier molecular flexibility index (Phi) is 4.36. The number of nitrogens with one attached hydrogen (secondary N) is 1. The summed E-state index contributed by atoms with van der Waals surface area (Å²) in [6, 6.07) is 8.09. The van der Waals surface area contributed by atoms with E-state index in [0.29, 0.717) is 5.76 Å². The van der Waals surface area contributed by atoms with Crippen LogP contribution < -0.4 is 4.72 Å². The molecule has 0 aliphatic carbocycles. The number of halogens is 1. The number of aryl methyl sites for hydroxylation is 2. The molecule has 0 fully saturated rings. The summed E-state index contributed by atoms with van der Waals surface area (Å²) in [6.07, 6.45) is 0. The Morgan fingerprint density at radius 3 is 2.45 bits per heavy atom. The van der Waals surface area contributed by atoms with Gasteiger partial charge in [0, 0.05) is 4.47 Å². The van der Waals surface area contributed by atoms with E-state index >= 15 is 0 Å². The van der Waals surface area contributed by atoms with Gasteiger partial charge in [0.05, 0.1) is 10.9 Å². The Morgan fingerprint density at radius 1 is 1.20 bits per heavy atom. The minimum Gasteiger partial charge on any atom is -0.465 e. The van der Waals surface area contributed by atoms with E-state index < -0.39 is 16.1 Å². The lowest BCUT2D eigenvalue weighted by molar-refractivity contribution is 0.441. The zero-order valence-corrected chi connectivity index (χ0v) is 13.9. The Balaban J connectivity index is 2.24. The first-order valence-corrected chi connectivity index (χ1v) is 8.42. The molecule has 20 heavy (non-hydrogen) atoms. The van der Waals surface area contributed by atoms with Crippen LogP contribution in [0.3, 0.4) is 0 Å². The van der Waals surface area contributed by atoms with E-state index in [0.717, 1.165) is 15.8 Å². The highest BCUT2D eigenvalue weighted by Gasteiger charge is 2.20. The Labute approximate surface area is 127 Å². The molecular weight excluding hydrogens is 342 g/mol. The second-order valence-corrected chi connectivity index (χ2v) is 7.27. The minimum atomic E-state index is -3.57. The van der Waals surface area contributed by atoms with Crippen LogP contribution in [0.25, 0.3) is 0 Å². The van der Waals surface area contributed by atoms with Crippen LogP contribution >= 0.6 is 15.9 Å². The molecule has 0 aliphatic heterocycles. The van der Waals surface area contributed by atoms with Crippen molar-refractivity contribution in [3.05, 3.63) is 51.9 Å². The van der Waals surface area contributed by atoms with Crippen LogP contribution in [0.4, 0.5) is 0 Å². The molecule has 0 saturated carbocycles. The maximum atomic E-state index is 12.3. The molecule has 108 valence electrons. The van der Waals surface area contributed by atoms with Gasteiger partial charge in [-0.1, -0.05) is 15.9 Å². The highest BCUT2D eigenvalue weighted by molar-refractivity contribution is 9.10. The fraction of sp³-hybridized carbons (Fsp3) is 0.286. The standard InChI is InChI=1S/C14H16BrNO3S/c1-9-8-12(5-6-13(9)15)20(17,18)16-11(3)14-7-4-10(2)19-14/h4-8,11,16H,1-3H3. The van der Waals surface area contributed by atoms with Crippen molar-refractivity contribution in [2.45, 2.75) is 31.7 Å². The fourth-order valence-corrected chi connectivity index (χ4v) is 3.37. The lowest BCUT2D eigenvalue weighted by Crippen LogP contribution is -2.26. The first-order valence-electron chi connectivity index (χ1n) is 6.14. The molecule has 1 unspecified atom stereocenters. The second-order valence-electron chi connectivity index (χ2n) is 4.70. The molecule has 2 aromatic rings. The molecular formula is C14H16BrNO3S. The van der Waals surface area contributed by atoms with Gasteiger partial charge in [-0.3, -0.25) is 0 Å². The topological polar surface area (TPSA) is 59.3 Å². The third kappa shape index (κ3) is 3.31. The lowest BCUT2D eigenvalue weighted by atomic mass is 10.2. The quantitative estimate of drug-likeness (QED) is 0.907. The molecule has 0 spiro atoms. The number of hydrogen-bond acceptors (Lipinski definition) is 3. The Hall–Kier alpha value is -1.11. The average Bonchev–Trinajstić information content (AvgIpc) is 2.79. The monoisotopic (exact) mass is 357 g/mol. The zero-order chi connectivity index (χ0) is 14.9. The van der Waals surface area contributed by atoms with E-state index in [-0.39, 0.29) is 4.90 Å². The highest BCUT2D eigenvalue weighted by Crippen LogP contribution is 2.22. The summed E-state index contributed by atoms with van der Waals surface area (Å²) in [4.78, 5) is 0.244. The summed E-state index contributed by atoms with van der Waals surface area (Å²) in [7, 11) is -3.57. The second kappa shape index (κ2) is 5.71. The van der Waals surface area contributed by atoms with Crippen molar-refractivity contribution in [3.8, 4) is 0 Å². The van der Waals surface area contributed by atoms with Crippen molar-refractivity contribution in [1.82, 2.24) is 4.72 Å². The molecule has 1 heterocycles. The number of benzene rings is 1. The van der Waals surface area contributed by atoms with Crippen molar-refractivity contribution in [2.75, 3.05) is 0 Å². The van der Waals surface area contributed by atoms with Crippen molar-refractivity contribution in [3.63, 3.8) is 0 Å². The van der Waals surface area contributed by atoms with Gasteiger partial charge in [-0.25, -0.2) is 13.1 Å². The number of hydrogen-bond donors (Lipinski definition) is 1. The SMILES string of the molecule is Cc1ccc(C(C)NS(=O)(=O)c2ccc(Br)c(C)c2)o1. The van der Waals surface area contributed by atoms with Crippen LogP contribution in [-0.4, -0.2) is 8.42 Å². The van der Waals surface area contributed by atoms with Gasteiger partial charge in [0.15, 0.2) is 0 Å². The van der Waals surface area contributed by atoms with Crippen LogP contribution in [0.15, 0.2) is 44.1 Å². The number of sulfonamides is 1. The molecule has 1 atom stereocenters. The summed E-state index contributed by atoms with van der Waals surface area (Å²) < 4.78 is 33.6. The van der Waals surface area contributed by atoms with Crippen LogP contribution in [-0.2, 0) is 10.0 Å². The molecule has 0 aliphatic rings. The van der Waals surface area contributed by atoms with Crippen molar-refractivity contribution in [1.29, 1.82) is 0 Å². The maximum absolute atomic E-state index is 12.3. The highest BCUT2D eigenvalue weighted by atomic mass is 79.9. The summed E-state index contributed by atoms with van der Waals surface area (Å²) in [5.74, 6) is 1.35. The molecule has 6 heteroatoms. The van der Waals surface area contributed by atoms with E-state index in [9.17, 15) is 8.42 Å². The minimum absolute atomic E-state index is 0.244. The summed E-state index contributed by atoms with van der Waals surface area (Å²) in [5, 5.41) is 0. The van der Waals surface area contributed by atoms with Gasteiger partial charge in [-0.15, -0.1) is 0 Å². The van der Waals surface area contributed by atoms with Gasteiger partial charge in [0.2, 0.25) is 10.0 Å². The van der Waals surface area contributed by atoms with Gasteiger partial charge in [-0.2, -0.15) is 0 Å². The van der Waals surface area contributed by atoms with Crippen molar-refractivity contribution < 1.29 is 12.8 Å². The van der Waals surface area contributed by atoms with Gasteiger partial charge < -0.3 is 4.42 Å². The van der Waals surface area contributed by atoms with Gasteiger partial charge in [0.1, 0.15) is 11.5 Å². The van der Waals surface area contributed by atoms with E-state index in [4.69, 9.17) is 4.42 Å². The maximum Gasteiger partial charge on any atom is 0.241 e. The predicted octanol–water partition coefficient (Wildman–Crippen LogP) is 3.70. The molecule has 0 bridgehead atoms. The van der Waals surface area contributed by atoms with Gasteiger partial charge >= 0.3 is 0 Å². The van der Waals surface area contributed by atoms with Crippen LogP contribution in [0.5, 0.6) is 0 Å². The normalized spacial score (nSPS) is 13.4. The fourth-order valence-electron chi connectivity index (χ4n) is 1.83. The predicted molar refractivity (Wildman–Crippen MR) is 81.1 cm³/mol. The first kappa shape index (κ1) is 15.3. The van der Waals surface area contributed by atoms with Crippen molar-refractivity contribution in [2.24, 2.45) is 0 Å². The summed E-state index contributed by atoms with van der Waals surface area (Å²) >= 11 is 3.36. The molecule has 0 radical (unpaired) electrons. The van der Waals surface area contributed by atoms with E-state index in [2.05, 4.69) is 20.7 Å². The number of rotatable bonds is 4. The summed E-state index contributed by atoms with van der Waals surface area (Å²) in [6.45, 7) is 5.42. The van der Waals surface area contributed by atoms with Gasteiger partial charge in [0.25, 0.3) is 0 Å². The molecule has 1 aromatic carbocycles. The molecule has 0 saturated heterocycles. The molecule has 0 amide bonds. The zero-order valence-electron chi connectivity index (χ0n) is 11.5. The third-order valence-corrected chi connectivity index (χ3v) is 5.39. The Morgan fingerprint density at radius 2 is 1.90 bits per heavy atom. The number of furan rings is 1. The van der Waals surface area contributed by atoms with E-state index in [1.807, 2.05) is 19.9 Å². The van der Waals surface area contributed by atoms with Crippen molar-refractivity contribution >= 4 is 26.0 Å². The first-order chi connectivity index (χ1) is 9.29. The largest absolute Gasteiger partial charge is 0.465 e. The van der Waals surface area contributed by atoms with Crippen LogP contribution in [0.1, 0.15) is 30.0 Å². The Bertz CT molecular complexity index is 722. The van der Waals surface area contributed by atoms with E-state index in [1.54, 1.807) is 31.2 Å². The molecule has 1 N–H and O–H groups in total. The average molecular weight is 358 g/mol. The third-order valence-electron chi connectivity index (χ3n) is 2.96. The summed E-state index contributed by atoms with van der Waals surface area (Å²) in [5.41, 5.74) is 0.870. The molecule has 4 nitrogen and oxygen atoms in total. The lowest BCUT2D eigenvalue weighted by Gasteiger charge is -2.13. The molecule has 2 rings (SSSR count).